The molecule has 2 rings (SSSR count). The maximum absolute atomic E-state index is 4.39. The molecule has 0 saturated carbocycles. The molecule has 0 fully saturated rings. The molecule has 0 aliphatic carbocycles. The second-order valence-corrected chi connectivity index (χ2v) is 4.27. The second kappa shape index (κ2) is 7.03. The average molecular weight is 260 g/mol. The molecule has 2 nitrogen and oxygen atoms in total. The van der Waals surface area contributed by atoms with Gasteiger partial charge < -0.3 is 0 Å². The maximum Gasteiger partial charge on any atom is 0.100 e. The molecule has 0 atom stereocenters. The number of benzene rings is 2. The number of hydrogen-bond donors (Lipinski definition) is 0. The highest BCUT2D eigenvalue weighted by Crippen LogP contribution is 2.11. The number of rotatable bonds is 4. The van der Waals surface area contributed by atoms with Gasteiger partial charge >= 0.3 is 0 Å². The van der Waals surface area contributed by atoms with Gasteiger partial charge in [-0.1, -0.05) is 67.2 Å². The van der Waals surface area contributed by atoms with Gasteiger partial charge in [0.2, 0.25) is 0 Å². The summed E-state index contributed by atoms with van der Waals surface area (Å²) >= 11 is 0. The molecule has 0 spiro atoms. The van der Waals surface area contributed by atoms with E-state index in [2.05, 4.69) is 22.5 Å². The molecule has 0 aliphatic rings. The molecule has 2 heteroatoms. The van der Waals surface area contributed by atoms with Gasteiger partial charge in [0.25, 0.3) is 0 Å². The van der Waals surface area contributed by atoms with Crippen molar-refractivity contribution in [3.63, 3.8) is 0 Å². The highest BCUT2D eigenvalue weighted by molar-refractivity contribution is 6.13. The van der Waals surface area contributed by atoms with Crippen LogP contribution in [0.1, 0.15) is 18.1 Å². The Morgan fingerprint density at radius 1 is 0.900 bits per heavy atom. The van der Waals surface area contributed by atoms with Crippen molar-refractivity contribution >= 4 is 11.4 Å². The van der Waals surface area contributed by atoms with Crippen LogP contribution in [-0.4, -0.2) is 11.4 Å². The largest absolute Gasteiger partial charge is 0.155 e. The molecule has 2 aromatic carbocycles. The number of nitrogens with zero attached hydrogens (tertiary/aromatic N) is 2. The lowest BCUT2D eigenvalue weighted by atomic mass is 10.0. The van der Waals surface area contributed by atoms with Crippen molar-refractivity contribution in [3.05, 3.63) is 90.2 Å². The number of allylic oxidation sites excluding steroid dienone is 1. The van der Waals surface area contributed by atoms with E-state index in [9.17, 15) is 0 Å². The molecule has 0 aliphatic heterocycles. The lowest BCUT2D eigenvalue weighted by Crippen LogP contribution is -2.02. The van der Waals surface area contributed by atoms with Crippen LogP contribution in [0.5, 0.6) is 0 Å². The summed E-state index contributed by atoms with van der Waals surface area (Å²) in [5.74, 6) is 0. The standard InChI is InChI=1S/C18H16N2/c1-3-10-15(2)19-20-18(16-11-6-4-7-12-16)17-13-8-5-9-14-17/h4-14H,1H2,2H3. The molecular formula is C18H16N2. The van der Waals surface area contributed by atoms with Gasteiger partial charge in [0, 0.05) is 17.2 Å². The van der Waals surface area contributed by atoms with Gasteiger partial charge in [-0.25, -0.2) is 0 Å². The molecule has 0 unspecified atom stereocenters. The lowest BCUT2D eigenvalue weighted by Gasteiger charge is -2.05. The first kappa shape index (κ1) is 13.7. The fourth-order valence-corrected chi connectivity index (χ4v) is 1.78. The van der Waals surface area contributed by atoms with Crippen LogP contribution < -0.4 is 0 Å². The minimum Gasteiger partial charge on any atom is -0.155 e. The quantitative estimate of drug-likeness (QED) is 0.446. The monoisotopic (exact) mass is 260 g/mol. The van der Waals surface area contributed by atoms with E-state index in [1.54, 1.807) is 6.08 Å². The summed E-state index contributed by atoms with van der Waals surface area (Å²) in [6.07, 6.45) is 1.71. The highest BCUT2D eigenvalue weighted by Gasteiger charge is 2.05. The first-order valence-corrected chi connectivity index (χ1v) is 6.40. The molecule has 0 saturated heterocycles. The zero-order valence-corrected chi connectivity index (χ0v) is 11.5. The second-order valence-electron chi connectivity index (χ2n) is 4.27. The van der Waals surface area contributed by atoms with Crippen molar-refractivity contribution in [2.75, 3.05) is 0 Å². The van der Waals surface area contributed by atoms with Crippen LogP contribution in [-0.2, 0) is 0 Å². The highest BCUT2D eigenvalue weighted by atomic mass is 15.2. The van der Waals surface area contributed by atoms with Crippen molar-refractivity contribution in [1.29, 1.82) is 0 Å². The van der Waals surface area contributed by atoms with E-state index >= 15 is 0 Å². The first-order valence-electron chi connectivity index (χ1n) is 6.40. The minimum absolute atomic E-state index is 0.768. The summed E-state index contributed by atoms with van der Waals surface area (Å²) in [5, 5.41) is 8.60. The molecule has 0 heterocycles. The fourth-order valence-electron chi connectivity index (χ4n) is 1.78. The Balaban J connectivity index is 2.48. The van der Waals surface area contributed by atoms with Crippen LogP contribution >= 0.6 is 0 Å². The van der Waals surface area contributed by atoms with E-state index in [0.717, 1.165) is 22.6 Å². The molecule has 20 heavy (non-hydrogen) atoms. The summed E-state index contributed by atoms with van der Waals surface area (Å²) in [4.78, 5) is 0. The molecule has 0 N–H and O–H groups in total. The van der Waals surface area contributed by atoms with E-state index < -0.39 is 0 Å². The van der Waals surface area contributed by atoms with Crippen molar-refractivity contribution in [2.45, 2.75) is 6.92 Å². The van der Waals surface area contributed by atoms with E-state index in [0.29, 0.717) is 0 Å². The number of hydrogen-bond acceptors (Lipinski definition) is 2. The third kappa shape index (κ3) is 3.64. The van der Waals surface area contributed by atoms with E-state index in [4.69, 9.17) is 0 Å². The Hall–Kier alpha value is -2.70. The smallest absolute Gasteiger partial charge is 0.100 e. The van der Waals surface area contributed by atoms with Gasteiger partial charge in [-0.15, -0.1) is 10.8 Å². The van der Waals surface area contributed by atoms with Gasteiger partial charge in [0.15, 0.2) is 0 Å². The van der Waals surface area contributed by atoms with Gasteiger partial charge in [0.05, 0.1) is 5.71 Å². The lowest BCUT2D eigenvalue weighted by molar-refractivity contribution is 1.23. The van der Waals surface area contributed by atoms with Crippen molar-refractivity contribution < 1.29 is 0 Å². The molecule has 0 bridgehead atoms. The maximum atomic E-state index is 4.39. The summed E-state index contributed by atoms with van der Waals surface area (Å²) < 4.78 is 0. The van der Waals surface area contributed by atoms with Crippen LogP contribution in [0.15, 0.2) is 89.3 Å². The van der Waals surface area contributed by atoms with Crippen molar-refractivity contribution in [1.82, 2.24) is 0 Å². The van der Waals surface area contributed by atoms with E-state index in [-0.39, 0.29) is 0 Å². The van der Waals surface area contributed by atoms with Gasteiger partial charge in [-0.05, 0) is 6.92 Å². The van der Waals surface area contributed by atoms with Crippen molar-refractivity contribution in [2.24, 2.45) is 10.2 Å². The van der Waals surface area contributed by atoms with E-state index in [1.165, 1.54) is 0 Å². The van der Waals surface area contributed by atoms with Crippen LogP contribution in [0.2, 0.25) is 0 Å². The van der Waals surface area contributed by atoms with Crippen LogP contribution in [0.4, 0.5) is 0 Å². The Bertz CT molecular complexity index is 620. The Kier molecular flexibility index (Phi) is 4.82. The van der Waals surface area contributed by atoms with Gasteiger partial charge in [0.1, 0.15) is 5.71 Å². The zero-order valence-electron chi connectivity index (χ0n) is 11.5. The van der Waals surface area contributed by atoms with E-state index in [1.807, 2.05) is 67.6 Å². The molecular weight excluding hydrogens is 244 g/mol. The summed E-state index contributed by atoms with van der Waals surface area (Å²) in [7, 11) is 0. The third-order valence-corrected chi connectivity index (χ3v) is 2.71. The normalized spacial score (nSPS) is 10.6. The topological polar surface area (TPSA) is 24.7 Å². The molecule has 0 radical (unpaired) electrons. The predicted molar refractivity (Wildman–Crippen MR) is 85.3 cm³/mol. The van der Waals surface area contributed by atoms with Crippen LogP contribution in [0, 0.1) is 0 Å². The first-order chi connectivity index (χ1) is 9.81. The van der Waals surface area contributed by atoms with Gasteiger partial charge in [-0.2, -0.15) is 5.10 Å². The summed E-state index contributed by atoms with van der Waals surface area (Å²) in [6.45, 7) is 5.40. The molecule has 0 aromatic heterocycles. The Labute approximate surface area is 119 Å². The van der Waals surface area contributed by atoms with Crippen LogP contribution in [0.25, 0.3) is 0 Å². The molecule has 0 amide bonds. The SMILES string of the molecule is C=C=CC(C)=NN=C(c1ccccc1)c1ccccc1. The average Bonchev–Trinajstić information content (AvgIpc) is 2.50. The zero-order chi connectivity index (χ0) is 14.2. The molecule has 98 valence electrons. The third-order valence-electron chi connectivity index (χ3n) is 2.71. The Morgan fingerprint density at radius 2 is 1.40 bits per heavy atom. The minimum atomic E-state index is 0.768. The van der Waals surface area contributed by atoms with Crippen molar-refractivity contribution in [3.8, 4) is 0 Å². The van der Waals surface area contributed by atoms with Crippen LogP contribution in [0.3, 0.4) is 0 Å². The fraction of sp³-hybridized carbons (Fsp3) is 0.0556. The summed E-state index contributed by atoms with van der Waals surface area (Å²) in [5.41, 5.74) is 6.39. The summed E-state index contributed by atoms with van der Waals surface area (Å²) in [6, 6.07) is 20.1. The van der Waals surface area contributed by atoms with Gasteiger partial charge in [-0.3, -0.25) is 0 Å². The Morgan fingerprint density at radius 3 is 1.85 bits per heavy atom. The molecule has 2 aromatic rings. The predicted octanol–water partition coefficient (Wildman–Crippen LogP) is 4.24.